The lowest BCUT2D eigenvalue weighted by Crippen LogP contribution is -2.48. The topological polar surface area (TPSA) is 65.0 Å². The summed E-state index contributed by atoms with van der Waals surface area (Å²) < 4.78 is 16.2. The van der Waals surface area contributed by atoms with Crippen molar-refractivity contribution in [2.75, 3.05) is 13.9 Å². The molecule has 0 aromatic rings. The Labute approximate surface area is 113 Å². The molecule has 3 aliphatic rings. The third-order valence-corrected chi connectivity index (χ3v) is 5.38. The summed E-state index contributed by atoms with van der Waals surface area (Å²) in [5.41, 5.74) is -1.54. The Bertz CT molecular complexity index is 393. The molecule has 2 bridgehead atoms. The number of rotatable bonds is 3. The summed E-state index contributed by atoms with van der Waals surface area (Å²) in [4.78, 5) is 12.4. The second kappa shape index (κ2) is 4.17. The fourth-order valence-electron chi connectivity index (χ4n) is 4.69. The van der Waals surface area contributed by atoms with Crippen molar-refractivity contribution >= 4 is 5.97 Å². The minimum atomic E-state index is -0.865. The van der Waals surface area contributed by atoms with E-state index in [2.05, 4.69) is 0 Å². The van der Waals surface area contributed by atoms with E-state index in [0.717, 1.165) is 12.8 Å². The quantitative estimate of drug-likeness (QED) is 0.614. The number of ether oxygens (including phenoxy) is 3. The number of aliphatic hydroxyl groups is 1. The molecule has 1 aliphatic heterocycles. The SMILES string of the molecule is COCO[C@@H]1[C@H]2CC[C@H]3[C@@H](C)OC(=O)[C@@]13C[C@@]2(C)O. The number of methoxy groups -OCH3 is 1. The summed E-state index contributed by atoms with van der Waals surface area (Å²) in [5.74, 6) is -0.0718. The van der Waals surface area contributed by atoms with Crippen LogP contribution in [-0.4, -0.2) is 42.8 Å². The molecule has 2 aliphatic carbocycles. The molecule has 0 radical (unpaired) electrons. The molecule has 0 aromatic heterocycles. The lowest BCUT2D eigenvalue weighted by atomic mass is 9.65. The Morgan fingerprint density at radius 1 is 1.42 bits per heavy atom. The van der Waals surface area contributed by atoms with Gasteiger partial charge in [0.25, 0.3) is 0 Å². The van der Waals surface area contributed by atoms with Crippen molar-refractivity contribution in [2.45, 2.75) is 50.9 Å². The monoisotopic (exact) mass is 270 g/mol. The number of hydrogen-bond donors (Lipinski definition) is 1. The Morgan fingerprint density at radius 2 is 2.11 bits per heavy atom. The van der Waals surface area contributed by atoms with Crippen LogP contribution in [0.2, 0.25) is 0 Å². The normalized spacial score (nSPS) is 52.1. The van der Waals surface area contributed by atoms with Gasteiger partial charge in [0.05, 0.1) is 11.7 Å². The van der Waals surface area contributed by atoms with Gasteiger partial charge < -0.3 is 19.3 Å². The first kappa shape index (κ1) is 13.3. The summed E-state index contributed by atoms with van der Waals surface area (Å²) in [6.07, 6.45) is 1.84. The van der Waals surface area contributed by atoms with Gasteiger partial charge in [0, 0.05) is 18.9 Å². The Morgan fingerprint density at radius 3 is 2.79 bits per heavy atom. The Kier molecular flexibility index (Phi) is 2.93. The Balaban J connectivity index is 2.00. The van der Waals surface area contributed by atoms with E-state index in [0.29, 0.717) is 6.42 Å². The molecule has 0 aromatic carbocycles. The van der Waals surface area contributed by atoms with Crippen LogP contribution < -0.4 is 0 Å². The van der Waals surface area contributed by atoms with E-state index in [1.807, 2.05) is 13.8 Å². The van der Waals surface area contributed by atoms with E-state index < -0.39 is 11.0 Å². The van der Waals surface area contributed by atoms with E-state index in [-0.39, 0.29) is 36.8 Å². The summed E-state index contributed by atoms with van der Waals surface area (Å²) in [6.45, 7) is 3.90. The van der Waals surface area contributed by atoms with E-state index >= 15 is 0 Å². The highest BCUT2D eigenvalue weighted by molar-refractivity contribution is 5.82. The van der Waals surface area contributed by atoms with Crippen molar-refractivity contribution in [3.63, 3.8) is 0 Å². The molecule has 1 heterocycles. The molecule has 108 valence electrons. The van der Waals surface area contributed by atoms with Crippen LogP contribution in [0.1, 0.15) is 33.1 Å². The number of carbonyl (C=O) groups excluding carboxylic acids is 1. The fraction of sp³-hybridized carbons (Fsp3) is 0.929. The maximum atomic E-state index is 12.4. The summed E-state index contributed by atoms with van der Waals surface area (Å²) in [6, 6.07) is 0. The highest BCUT2D eigenvalue weighted by atomic mass is 16.7. The Hall–Kier alpha value is -0.650. The molecular weight excluding hydrogens is 248 g/mol. The van der Waals surface area contributed by atoms with Gasteiger partial charge in [0.2, 0.25) is 0 Å². The van der Waals surface area contributed by atoms with Gasteiger partial charge in [-0.15, -0.1) is 0 Å². The van der Waals surface area contributed by atoms with Crippen LogP contribution in [0, 0.1) is 17.3 Å². The average Bonchev–Trinajstić information content (AvgIpc) is 2.64. The van der Waals surface area contributed by atoms with Gasteiger partial charge in [-0.3, -0.25) is 4.79 Å². The zero-order chi connectivity index (χ0) is 13.8. The fourth-order valence-corrected chi connectivity index (χ4v) is 4.69. The van der Waals surface area contributed by atoms with Crippen molar-refractivity contribution in [1.29, 1.82) is 0 Å². The van der Waals surface area contributed by atoms with Crippen LogP contribution in [0.5, 0.6) is 0 Å². The van der Waals surface area contributed by atoms with Gasteiger partial charge in [0.15, 0.2) is 0 Å². The maximum absolute atomic E-state index is 12.4. The molecule has 3 fully saturated rings. The zero-order valence-corrected chi connectivity index (χ0v) is 11.7. The highest BCUT2D eigenvalue weighted by Crippen LogP contribution is 2.63. The molecule has 1 spiro atoms. The number of carbonyl (C=O) groups is 1. The van der Waals surface area contributed by atoms with E-state index in [9.17, 15) is 9.90 Å². The molecular formula is C14H22O5. The largest absolute Gasteiger partial charge is 0.462 e. The molecule has 6 atom stereocenters. The minimum absolute atomic E-state index is 0.0169. The van der Waals surface area contributed by atoms with Gasteiger partial charge in [-0.05, 0) is 33.1 Å². The smallest absolute Gasteiger partial charge is 0.315 e. The molecule has 0 unspecified atom stereocenters. The summed E-state index contributed by atoms with van der Waals surface area (Å²) >= 11 is 0. The number of fused-ring (bicyclic) bond motifs is 1. The van der Waals surface area contributed by atoms with Gasteiger partial charge >= 0.3 is 5.97 Å². The van der Waals surface area contributed by atoms with E-state index in [1.54, 1.807) is 7.11 Å². The highest BCUT2D eigenvalue weighted by Gasteiger charge is 2.72. The van der Waals surface area contributed by atoms with Gasteiger partial charge in [0.1, 0.15) is 18.3 Å². The standard InChI is InChI=1S/C14H22O5/c1-8-9-4-5-10-11(18-7-17-3)14(9,12(15)19-8)6-13(10,2)16/h8-11,16H,4-7H2,1-3H3/t8-,9+,10-,11-,13-,14-/m1/s1. The van der Waals surface area contributed by atoms with Gasteiger partial charge in [-0.25, -0.2) is 0 Å². The summed E-state index contributed by atoms with van der Waals surface area (Å²) in [7, 11) is 1.56. The zero-order valence-electron chi connectivity index (χ0n) is 11.7. The second-order valence-corrected chi connectivity index (χ2v) is 6.47. The first-order chi connectivity index (χ1) is 8.93. The van der Waals surface area contributed by atoms with Crippen molar-refractivity contribution in [2.24, 2.45) is 17.3 Å². The molecule has 1 N–H and O–H groups in total. The lowest BCUT2D eigenvalue weighted by molar-refractivity contribution is -0.170. The predicted octanol–water partition coefficient (Wildman–Crippen LogP) is 1.09. The predicted molar refractivity (Wildman–Crippen MR) is 66.2 cm³/mol. The second-order valence-electron chi connectivity index (χ2n) is 6.47. The third-order valence-electron chi connectivity index (χ3n) is 5.38. The number of esters is 1. The van der Waals surface area contributed by atoms with Crippen molar-refractivity contribution in [3.05, 3.63) is 0 Å². The first-order valence-electron chi connectivity index (χ1n) is 6.97. The molecule has 2 saturated carbocycles. The average molecular weight is 270 g/mol. The van der Waals surface area contributed by atoms with Crippen molar-refractivity contribution < 1.29 is 24.1 Å². The van der Waals surface area contributed by atoms with Gasteiger partial charge in [-0.2, -0.15) is 0 Å². The third kappa shape index (κ3) is 1.61. The van der Waals surface area contributed by atoms with Crippen LogP contribution in [0.15, 0.2) is 0 Å². The maximum Gasteiger partial charge on any atom is 0.315 e. The van der Waals surface area contributed by atoms with Crippen LogP contribution in [0.25, 0.3) is 0 Å². The van der Waals surface area contributed by atoms with Crippen LogP contribution in [0.4, 0.5) is 0 Å². The van der Waals surface area contributed by atoms with Crippen molar-refractivity contribution in [1.82, 2.24) is 0 Å². The molecule has 1 saturated heterocycles. The first-order valence-corrected chi connectivity index (χ1v) is 6.97. The van der Waals surface area contributed by atoms with E-state index in [4.69, 9.17) is 14.2 Å². The van der Waals surface area contributed by atoms with Crippen LogP contribution in [0.3, 0.4) is 0 Å². The van der Waals surface area contributed by atoms with Gasteiger partial charge in [-0.1, -0.05) is 0 Å². The van der Waals surface area contributed by atoms with Crippen molar-refractivity contribution in [3.8, 4) is 0 Å². The van der Waals surface area contributed by atoms with Crippen LogP contribution >= 0.6 is 0 Å². The molecule has 5 heteroatoms. The molecule has 5 nitrogen and oxygen atoms in total. The molecule has 19 heavy (non-hydrogen) atoms. The van der Waals surface area contributed by atoms with E-state index in [1.165, 1.54) is 0 Å². The lowest BCUT2D eigenvalue weighted by Gasteiger charge is -2.39. The van der Waals surface area contributed by atoms with Crippen LogP contribution in [-0.2, 0) is 19.0 Å². The minimum Gasteiger partial charge on any atom is -0.462 e. The summed E-state index contributed by atoms with van der Waals surface area (Å²) in [5, 5.41) is 10.7. The number of cyclic esters (lactones) is 1. The number of hydrogen-bond acceptors (Lipinski definition) is 5. The molecule has 0 amide bonds. The molecule has 3 rings (SSSR count).